The third kappa shape index (κ3) is 4.68. The summed E-state index contributed by atoms with van der Waals surface area (Å²) >= 11 is 0. The molecule has 2 rings (SSSR count). The molecule has 1 aromatic heterocycles. The number of aryl methyl sites for hydroxylation is 2. The Morgan fingerprint density at radius 2 is 1.69 bits per heavy atom. The number of nitrogens with one attached hydrogen (secondary N) is 2. The van der Waals surface area contributed by atoms with E-state index in [1.165, 1.54) is 0 Å². The van der Waals surface area contributed by atoms with Crippen LogP contribution in [-0.4, -0.2) is 52.3 Å². The first kappa shape index (κ1) is 22.6. The van der Waals surface area contributed by atoms with Crippen molar-refractivity contribution < 1.29 is 23.9 Å². The van der Waals surface area contributed by atoms with Gasteiger partial charge in [-0.25, -0.2) is 9.59 Å². The second kappa shape index (κ2) is 9.24. The van der Waals surface area contributed by atoms with Gasteiger partial charge in [0, 0.05) is 11.4 Å². The Balaban J connectivity index is 2.18. The molecule has 1 fully saturated rings. The maximum atomic E-state index is 13.0. The number of aromatic amines is 1. The lowest BCUT2D eigenvalue weighted by Crippen LogP contribution is -2.44. The van der Waals surface area contributed by atoms with Gasteiger partial charge in [0.2, 0.25) is 0 Å². The van der Waals surface area contributed by atoms with Gasteiger partial charge < -0.3 is 15.0 Å². The lowest BCUT2D eigenvalue weighted by atomic mass is 9.94. The van der Waals surface area contributed by atoms with Gasteiger partial charge in [0.1, 0.15) is 5.54 Å². The number of ether oxygens (including phenoxy) is 1. The molecule has 0 spiro atoms. The summed E-state index contributed by atoms with van der Waals surface area (Å²) in [4.78, 5) is 54.5. The van der Waals surface area contributed by atoms with Crippen molar-refractivity contribution >= 4 is 23.7 Å². The van der Waals surface area contributed by atoms with Crippen LogP contribution < -0.4 is 5.32 Å². The van der Waals surface area contributed by atoms with Crippen LogP contribution in [0.2, 0.25) is 0 Å². The molecule has 0 saturated carbocycles. The van der Waals surface area contributed by atoms with Gasteiger partial charge in [0.25, 0.3) is 5.91 Å². The number of carbonyl (C=O) groups excluding carboxylic acids is 4. The Hall–Kier alpha value is -2.64. The molecule has 0 aliphatic carbocycles. The van der Waals surface area contributed by atoms with Gasteiger partial charge in [-0.15, -0.1) is 0 Å². The van der Waals surface area contributed by atoms with Crippen molar-refractivity contribution in [2.45, 2.75) is 72.3 Å². The quantitative estimate of drug-likeness (QED) is 0.269. The molecule has 3 amide bonds. The number of rotatable bonds is 10. The monoisotopic (exact) mass is 405 g/mol. The third-order valence-electron chi connectivity index (χ3n) is 5.31. The number of aromatic nitrogens is 1. The molecular weight excluding hydrogens is 374 g/mol. The summed E-state index contributed by atoms with van der Waals surface area (Å²) < 4.78 is 5.05. The van der Waals surface area contributed by atoms with E-state index in [4.69, 9.17) is 4.74 Å². The van der Waals surface area contributed by atoms with Crippen molar-refractivity contribution in [3.05, 3.63) is 22.5 Å². The van der Waals surface area contributed by atoms with E-state index in [9.17, 15) is 19.2 Å². The molecule has 8 heteroatoms. The minimum Gasteiger partial charge on any atom is -0.462 e. The number of H-pyrrole nitrogens is 1. The van der Waals surface area contributed by atoms with Crippen LogP contribution in [0.15, 0.2) is 0 Å². The number of ketones is 1. The molecule has 2 heterocycles. The van der Waals surface area contributed by atoms with E-state index in [1.807, 2.05) is 0 Å². The number of amides is 3. The highest BCUT2D eigenvalue weighted by Gasteiger charge is 2.48. The number of urea groups is 1. The summed E-state index contributed by atoms with van der Waals surface area (Å²) in [7, 11) is 0. The van der Waals surface area contributed by atoms with Crippen molar-refractivity contribution in [1.82, 2.24) is 15.2 Å². The number of hydrogen-bond acceptors (Lipinski definition) is 5. The third-order valence-corrected chi connectivity index (χ3v) is 5.31. The number of nitrogens with zero attached hydrogens (tertiary/aromatic N) is 1. The fourth-order valence-electron chi connectivity index (χ4n) is 3.78. The Labute approximate surface area is 171 Å². The zero-order valence-corrected chi connectivity index (χ0v) is 17.9. The van der Waals surface area contributed by atoms with E-state index in [2.05, 4.69) is 17.2 Å². The molecule has 29 heavy (non-hydrogen) atoms. The van der Waals surface area contributed by atoms with Gasteiger partial charge in [0.05, 0.1) is 24.3 Å². The van der Waals surface area contributed by atoms with Crippen LogP contribution >= 0.6 is 0 Å². The van der Waals surface area contributed by atoms with E-state index < -0.39 is 35.8 Å². The molecule has 0 aromatic carbocycles. The molecule has 1 aromatic rings. The molecule has 0 radical (unpaired) electrons. The topological polar surface area (TPSA) is 109 Å². The Bertz CT molecular complexity index is 813. The van der Waals surface area contributed by atoms with Crippen LogP contribution in [0.4, 0.5) is 4.79 Å². The predicted molar refractivity (Wildman–Crippen MR) is 108 cm³/mol. The highest BCUT2D eigenvalue weighted by Crippen LogP contribution is 2.26. The summed E-state index contributed by atoms with van der Waals surface area (Å²) in [6, 6.07) is -0.580. The van der Waals surface area contributed by atoms with Gasteiger partial charge in [-0.2, -0.15) is 0 Å². The summed E-state index contributed by atoms with van der Waals surface area (Å²) in [6.07, 6.45) is 4.48. The number of imide groups is 1. The molecule has 0 bridgehead atoms. The lowest BCUT2D eigenvalue weighted by molar-refractivity contribution is -0.130. The van der Waals surface area contributed by atoms with Crippen LogP contribution in [0, 0.1) is 13.8 Å². The van der Waals surface area contributed by atoms with E-state index >= 15 is 0 Å². The highest BCUT2D eigenvalue weighted by atomic mass is 16.5. The van der Waals surface area contributed by atoms with E-state index in [0.717, 1.165) is 30.6 Å². The Morgan fingerprint density at radius 1 is 1.03 bits per heavy atom. The van der Waals surface area contributed by atoms with Gasteiger partial charge in [-0.05, 0) is 34.1 Å². The first-order chi connectivity index (χ1) is 13.7. The average molecular weight is 405 g/mol. The standard InChI is InChI=1S/C21H31N3O5/c1-6-8-9-10-11-21(5)19(27)24(20(28)23-21)12-15(25)16-13(3)22-14(4)17(16)18(26)29-7-2/h22H,6-12H2,1-5H3,(H,23,28)/t21-/m1/s1. The molecule has 2 N–H and O–H groups in total. The molecule has 160 valence electrons. The highest BCUT2D eigenvalue weighted by molar-refractivity contribution is 6.14. The van der Waals surface area contributed by atoms with Crippen molar-refractivity contribution in [3.63, 3.8) is 0 Å². The number of hydrogen-bond donors (Lipinski definition) is 2. The van der Waals surface area contributed by atoms with Crippen molar-refractivity contribution in [2.75, 3.05) is 13.2 Å². The van der Waals surface area contributed by atoms with Crippen LogP contribution in [0.5, 0.6) is 0 Å². The second-order valence-corrected chi connectivity index (χ2v) is 7.73. The molecule has 1 atom stereocenters. The number of Topliss-reactive ketones (excluding diaryl/α,β-unsaturated/α-hetero) is 1. The number of esters is 1. The minimum atomic E-state index is -1.00. The van der Waals surface area contributed by atoms with Gasteiger partial charge in [-0.3, -0.25) is 14.5 Å². The lowest BCUT2D eigenvalue weighted by Gasteiger charge is -2.21. The van der Waals surface area contributed by atoms with E-state index in [-0.39, 0.29) is 17.7 Å². The normalized spacial score (nSPS) is 18.9. The minimum absolute atomic E-state index is 0.156. The van der Waals surface area contributed by atoms with Gasteiger partial charge >= 0.3 is 12.0 Å². The largest absolute Gasteiger partial charge is 0.462 e. The second-order valence-electron chi connectivity index (χ2n) is 7.73. The molecular formula is C21H31N3O5. The Morgan fingerprint density at radius 3 is 2.31 bits per heavy atom. The van der Waals surface area contributed by atoms with Gasteiger partial charge in [0.15, 0.2) is 5.78 Å². The van der Waals surface area contributed by atoms with Crippen LogP contribution in [-0.2, 0) is 9.53 Å². The summed E-state index contributed by atoms with van der Waals surface area (Å²) in [6.45, 7) is 8.60. The van der Waals surface area contributed by atoms with E-state index in [1.54, 1.807) is 27.7 Å². The van der Waals surface area contributed by atoms with Crippen LogP contribution in [0.1, 0.15) is 85.0 Å². The smallest absolute Gasteiger partial charge is 0.340 e. The summed E-state index contributed by atoms with van der Waals surface area (Å²) in [5, 5.41) is 2.73. The first-order valence-electron chi connectivity index (χ1n) is 10.2. The van der Waals surface area contributed by atoms with Crippen LogP contribution in [0.25, 0.3) is 0 Å². The van der Waals surface area contributed by atoms with Crippen LogP contribution in [0.3, 0.4) is 0 Å². The molecule has 8 nitrogen and oxygen atoms in total. The zero-order chi connectivity index (χ0) is 21.8. The zero-order valence-electron chi connectivity index (χ0n) is 17.9. The fraction of sp³-hybridized carbons (Fsp3) is 0.619. The predicted octanol–water partition coefficient (Wildman–Crippen LogP) is 3.27. The molecule has 1 aliphatic heterocycles. The fourth-order valence-corrected chi connectivity index (χ4v) is 3.78. The van der Waals surface area contributed by atoms with Crippen molar-refractivity contribution in [2.24, 2.45) is 0 Å². The molecule has 1 saturated heterocycles. The molecule has 1 aliphatic rings. The van der Waals surface area contributed by atoms with Gasteiger partial charge in [-0.1, -0.05) is 32.6 Å². The first-order valence-corrected chi connectivity index (χ1v) is 10.2. The average Bonchev–Trinajstić information content (AvgIpc) is 3.06. The summed E-state index contributed by atoms with van der Waals surface area (Å²) in [5.74, 6) is -1.49. The van der Waals surface area contributed by atoms with Crippen molar-refractivity contribution in [1.29, 1.82) is 0 Å². The molecule has 0 unspecified atom stereocenters. The maximum absolute atomic E-state index is 13.0. The van der Waals surface area contributed by atoms with Crippen molar-refractivity contribution in [3.8, 4) is 0 Å². The number of unbranched alkanes of at least 4 members (excludes halogenated alkanes) is 3. The summed E-state index contributed by atoms with van der Waals surface area (Å²) in [5.41, 5.74) is 0.340. The Kier molecular flexibility index (Phi) is 7.21. The van der Waals surface area contributed by atoms with E-state index in [0.29, 0.717) is 17.8 Å². The SMILES string of the molecule is CCCCCC[C@@]1(C)NC(=O)N(CC(=O)c2c(C)[nH]c(C)c2C(=O)OCC)C1=O. The maximum Gasteiger partial charge on any atom is 0.340 e. The number of carbonyl (C=O) groups is 4.